The van der Waals surface area contributed by atoms with Gasteiger partial charge in [0.2, 0.25) is 0 Å². The van der Waals surface area contributed by atoms with E-state index in [-0.39, 0.29) is 17.5 Å². The fraction of sp³-hybridized carbons (Fsp3) is 0. The Morgan fingerprint density at radius 3 is 2.87 bits per heavy atom. The molecule has 6 nitrogen and oxygen atoms in total. The van der Waals surface area contributed by atoms with E-state index in [1.807, 2.05) is 0 Å². The van der Waals surface area contributed by atoms with Gasteiger partial charge in [-0.2, -0.15) is 0 Å². The number of azide groups is 1. The monoisotopic (exact) mass is 205 g/mol. The molecular formula is C8H4FN5O. The number of rotatable bonds is 2. The molecule has 0 aliphatic heterocycles. The van der Waals surface area contributed by atoms with Gasteiger partial charge < -0.3 is 4.42 Å². The molecule has 2 rings (SSSR count). The summed E-state index contributed by atoms with van der Waals surface area (Å²) in [6.07, 6.45) is 0. The van der Waals surface area contributed by atoms with Gasteiger partial charge in [-0.1, -0.05) is 12.1 Å². The Morgan fingerprint density at radius 1 is 1.33 bits per heavy atom. The maximum absolute atomic E-state index is 13.2. The van der Waals surface area contributed by atoms with Gasteiger partial charge in [-0.15, -0.1) is 10.2 Å². The van der Waals surface area contributed by atoms with Gasteiger partial charge in [0, 0.05) is 10.0 Å². The molecule has 0 N–H and O–H groups in total. The Balaban J connectivity index is 2.46. The predicted molar refractivity (Wildman–Crippen MR) is 48.5 cm³/mol. The zero-order chi connectivity index (χ0) is 10.7. The predicted octanol–water partition coefficient (Wildman–Crippen LogP) is 2.82. The first-order chi connectivity index (χ1) is 7.31. The summed E-state index contributed by atoms with van der Waals surface area (Å²) in [5.41, 5.74) is 8.28. The first-order valence-corrected chi connectivity index (χ1v) is 3.95. The molecule has 2 aromatic rings. The van der Waals surface area contributed by atoms with Crippen LogP contribution in [-0.2, 0) is 0 Å². The fourth-order valence-electron chi connectivity index (χ4n) is 1.04. The SMILES string of the molecule is [N-]=[N+]=Nc1nnc(-c2ccccc2F)o1. The number of hydrogen-bond acceptors (Lipinski definition) is 4. The quantitative estimate of drug-likeness (QED) is 0.429. The summed E-state index contributed by atoms with van der Waals surface area (Å²) in [5, 5.41) is 10.1. The standard InChI is InChI=1S/C8H4FN5O/c9-6-4-2-1-3-5(6)7-11-12-8(15-7)13-14-10/h1-4H. The van der Waals surface area contributed by atoms with Crippen LogP contribution in [0.4, 0.5) is 10.4 Å². The first-order valence-electron chi connectivity index (χ1n) is 3.95. The number of hydrogen-bond donors (Lipinski definition) is 0. The smallest absolute Gasteiger partial charge is 0.304 e. The van der Waals surface area contributed by atoms with Crippen molar-refractivity contribution >= 4 is 6.01 Å². The van der Waals surface area contributed by atoms with Crippen LogP contribution in [-0.4, -0.2) is 10.2 Å². The summed E-state index contributed by atoms with van der Waals surface area (Å²) in [7, 11) is 0. The minimum atomic E-state index is -0.478. The van der Waals surface area contributed by atoms with Gasteiger partial charge in [0.15, 0.2) is 0 Å². The van der Waals surface area contributed by atoms with Crippen LogP contribution in [0.2, 0.25) is 0 Å². The van der Waals surface area contributed by atoms with Crippen LogP contribution in [0.5, 0.6) is 0 Å². The molecule has 1 aromatic carbocycles. The lowest BCUT2D eigenvalue weighted by Gasteiger charge is -1.94. The minimum absolute atomic E-state index is 0.0181. The third-order valence-corrected chi connectivity index (χ3v) is 1.65. The largest absolute Gasteiger partial charge is 0.414 e. The fourth-order valence-corrected chi connectivity index (χ4v) is 1.04. The number of nitrogens with zero attached hydrogens (tertiary/aromatic N) is 5. The summed E-state index contributed by atoms with van der Waals surface area (Å²) in [4.78, 5) is 2.47. The molecule has 1 heterocycles. The van der Waals surface area contributed by atoms with Gasteiger partial charge in [0.25, 0.3) is 5.89 Å². The maximum Gasteiger partial charge on any atom is 0.304 e. The summed E-state index contributed by atoms with van der Waals surface area (Å²) in [6, 6.07) is 5.70. The molecule has 0 saturated carbocycles. The lowest BCUT2D eigenvalue weighted by atomic mass is 10.2. The van der Waals surface area contributed by atoms with Crippen LogP contribution in [0.1, 0.15) is 0 Å². The summed E-state index contributed by atoms with van der Waals surface area (Å²) in [6.45, 7) is 0. The average molecular weight is 205 g/mol. The van der Waals surface area contributed by atoms with Crippen molar-refractivity contribution in [3.05, 3.63) is 40.5 Å². The Labute approximate surface area is 83.0 Å². The van der Waals surface area contributed by atoms with Gasteiger partial charge in [-0.3, -0.25) is 0 Å². The Kier molecular flexibility index (Phi) is 2.30. The van der Waals surface area contributed by atoms with Gasteiger partial charge in [-0.05, 0) is 17.7 Å². The normalized spacial score (nSPS) is 9.67. The molecule has 0 fully saturated rings. The van der Waals surface area contributed by atoms with E-state index < -0.39 is 5.82 Å². The molecule has 0 saturated heterocycles. The molecule has 0 amide bonds. The van der Waals surface area contributed by atoms with Gasteiger partial charge in [0.05, 0.1) is 5.56 Å². The molecule has 0 unspecified atom stereocenters. The highest BCUT2D eigenvalue weighted by Crippen LogP contribution is 2.23. The molecule has 0 bridgehead atoms. The van der Waals surface area contributed by atoms with Crippen molar-refractivity contribution in [2.45, 2.75) is 0 Å². The highest BCUT2D eigenvalue weighted by Gasteiger charge is 2.10. The van der Waals surface area contributed by atoms with Crippen molar-refractivity contribution in [2.24, 2.45) is 5.11 Å². The summed E-state index contributed by atoms with van der Waals surface area (Å²) in [5.74, 6) is -0.496. The second-order valence-electron chi connectivity index (χ2n) is 2.56. The van der Waals surface area contributed by atoms with E-state index in [1.165, 1.54) is 12.1 Å². The maximum atomic E-state index is 13.2. The first kappa shape index (κ1) is 9.17. The van der Waals surface area contributed by atoms with E-state index in [9.17, 15) is 4.39 Å². The van der Waals surface area contributed by atoms with Crippen LogP contribution in [0.15, 0.2) is 33.8 Å². The molecule has 7 heteroatoms. The van der Waals surface area contributed by atoms with E-state index in [4.69, 9.17) is 9.95 Å². The van der Waals surface area contributed by atoms with Crippen LogP contribution >= 0.6 is 0 Å². The van der Waals surface area contributed by atoms with E-state index in [0.29, 0.717) is 0 Å². The Morgan fingerprint density at radius 2 is 2.13 bits per heavy atom. The zero-order valence-corrected chi connectivity index (χ0v) is 7.33. The third kappa shape index (κ3) is 1.77. The van der Waals surface area contributed by atoms with E-state index in [1.54, 1.807) is 12.1 Å². The Hall–Kier alpha value is -2.40. The van der Waals surface area contributed by atoms with Gasteiger partial charge in [-0.25, -0.2) is 4.39 Å². The van der Waals surface area contributed by atoms with Gasteiger partial charge in [0.1, 0.15) is 5.82 Å². The van der Waals surface area contributed by atoms with Crippen LogP contribution < -0.4 is 0 Å². The molecule has 1 aromatic heterocycles. The van der Waals surface area contributed by atoms with E-state index >= 15 is 0 Å². The lowest BCUT2D eigenvalue weighted by molar-refractivity contribution is 0.566. The van der Waals surface area contributed by atoms with Crippen molar-refractivity contribution in [1.29, 1.82) is 0 Å². The van der Waals surface area contributed by atoms with Crippen molar-refractivity contribution in [2.75, 3.05) is 0 Å². The Bertz CT molecular complexity index is 531. The second-order valence-corrected chi connectivity index (χ2v) is 2.56. The molecule has 0 aliphatic carbocycles. The summed E-state index contributed by atoms with van der Waals surface area (Å²) < 4.78 is 18.1. The zero-order valence-electron chi connectivity index (χ0n) is 7.33. The van der Waals surface area contributed by atoms with Crippen molar-refractivity contribution in [3.8, 4) is 11.5 Å². The molecular weight excluding hydrogens is 201 g/mol. The molecule has 0 spiro atoms. The van der Waals surface area contributed by atoms with E-state index in [0.717, 1.165) is 0 Å². The van der Waals surface area contributed by atoms with Crippen molar-refractivity contribution in [3.63, 3.8) is 0 Å². The summed E-state index contributed by atoms with van der Waals surface area (Å²) >= 11 is 0. The number of benzene rings is 1. The molecule has 15 heavy (non-hydrogen) atoms. The van der Waals surface area contributed by atoms with Gasteiger partial charge >= 0.3 is 6.01 Å². The van der Waals surface area contributed by atoms with E-state index in [2.05, 4.69) is 20.2 Å². The minimum Gasteiger partial charge on any atom is -0.414 e. The molecule has 0 radical (unpaired) electrons. The number of halogens is 1. The highest BCUT2D eigenvalue weighted by atomic mass is 19.1. The second kappa shape index (κ2) is 3.77. The molecule has 0 atom stereocenters. The third-order valence-electron chi connectivity index (χ3n) is 1.65. The van der Waals surface area contributed by atoms with Crippen LogP contribution in [0.25, 0.3) is 21.9 Å². The topological polar surface area (TPSA) is 87.7 Å². The lowest BCUT2D eigenvalue weighted by Crippen LogP contribution is -1.82. The number of aromatic nitrogens is 2. The van der Waals surface area contributed by atoms with Crippen molar-refractivity contribution in [1.82, 2.24) is 10.2 Å². The molecule has 0 aliphatic rings. The van der Waals surface area contributed by atoms with Crippen LogP contribution in [0, 0.1) is 5.82 Å². The van der Waals surface area contributed by atoms with Crippen LogP contribution in [0.3, 0.4) is 0 Å². The van der Waals surface area contributed by atoms with Crippen molar-refractivity contribution < 1.29 is 8.81 Å². The molecule has 74 valence electrons. The highest BCUT2D eigenvalue weighted by molar-refractivity contribution is 5.53. The average Bonchev–Trinajstić information content (AvgIpc) is 2.68.